The van der Waals surface area contributed by atoms with Crippen molar-refractivity contribution in [3.63, 3.8) is 0 Å². The molecule has 1 heterocycles. The van der Waals surface area contributed by atoms with Crippen molar-refractivity contribution in [1.29, 1.82) is 5.26 Å². The van der Waals surface area contributed by atoms with E-state index >= 15 is 0 Å². The van der Waals surface area contributed by atoms with Crippen LogP contribution in [0.3, 0.4) is 0 Å². The summed E-state index contributed by atoms with van der Waals surface area (Å²) in [5, 5.41) is 9.50. The van der Waals surface area contributed by atoms with Crippen LogP contribution in [0.4, 0.5) is 0 Å². The van der Waals surface area contributed by atoms with Gasteiger partial charge in [-0.05, 0) is 38.5 Å². The smallest absolute Gasteiger partial charge is 0.0839 e. The van der Waals surface area contributed by atoms with Gasteiger partial charge in [0.25, 0.3) is 0 Å². The van der Waals surface area contributed by atoms with Crippen LogP contribution in [0.1, 0.15) is 31.2 Å². The third-order valence-corrected chi connectivity index (χ3v) is 4.27. The molecule has 0 aromatic heterocycles. The van der Waals surface area contributed by atoms with E-state index in [4.69, 9.17) is 0 Å². The van der Waals surface area contributed by atoms with Crippen molar-refractivity contribution < 1.29 is 0 Å². The fourth-order valence-corrected chi connectivity index (χ4v) is 3.06. The number of likely N-dealkylation sites (N-methyl/N-ethyl adjacent to an activating group) is 1. The minimum atomic E-state index is -0.0198. The Kier molecular flexibility index (Phi) is 5.58. The van der Waals surface area contributed by atoms with Crippen molar-refractivity contribution in [3.05, 3.63) is 35.9 Å². The molecule has 0 radical (unpaired) electrons. The van der Waals surface area contributed by atoms with Crippen molar-refractivity contribution >= 4 is 0 Å². The van der Waals surface area contributed by atoms with Gasteiger partial charge in [0.15, 0.2) is 0 Å². The van der Waals surface area contributed by atoms with E-state index in [-0.39, 0.29) is 5.92 Å². The lowest BCUT2D eigenvalue weighted by molar-refractivity contribution is 0.180. The van der Waals surface area contributed by atoms with E-state index in [1.807, 2.05) is 18.2 Å². The Morgan fingerprint density at radius 2 is 2.05 bits per heavy atom. The summed E-state index contributed by atoms with van der Waals surface area (Å²) >= 11 is 0. The molecule has 0 N–H and O–H groups in total. The van der Waals surface area contributed by atoms with Gasteiger partial charge in [0.2, 0.25) is 0 Å². The second-order valence-corrected chi connectivity index (χ2v) is 5.77. The summed E-state index contributed by atoms with van der Waals surface area (Å²) in [6.45, 7) is 6.49. The zero-order chi connectivity index (χ0) is 14.4. The first kappa shape index (κ1) is 15.0. The van der Waals surface area contributed by atoms with Crippen LogP contribution in [-0.2, 0) is 0 Å². The molecule has 3 heteroatoms. The highest BCUT2D eigenvalue weighted by Crippen LogP contribution is 2.20. The molecule has 1 saturated heterocycles. The number of nitrogens with zero attached hydrogens (tertiary/aromatic N) is 3. The van der Waals surface area contributed by atoms with Crippen molar-refractivity contribution in [2.75, 3.05) is 33.2 Å². The third-order valence-electron chi connectivity index (χ3n) is 4.27. The molecule has 1 fully saturated rings. The second-order valence-electron chi connectivity index (χ2n) is 5.77. The second kappa shape index (κ2) is 7.42. The summed E-state index contributed by atoms with van der Waals surface area (Å²) in [5.74, 6) is -0.0198. The fourth-order valence-electron chi connectivity index (χ4n) is 3.06. The molecule has 1 aliphatic heterocycles. The van der Waals surface area contributed by atoms with E-state index in [9.17, 15) is 5.26 Å². The molecule has 1 aromatic carbocycles. The molecule has 0 amide bonds. The first-order valence-electron chi connectivity index (χ1n) is 7.61. The molecule has 2 atom stereocenters. The van der Waals surface area contributed by atoms with E-state index in [2.05, 4.69) is 42.0 Å². The summed E-state index contributed by atoms with van der Waals surface area (Å²) in [7, 11) is 2.20. The van der Waals surface area contributed by atoms with E-state index in [0.717, 1.165) is 38.2 Å². The zero-order valence-electron chi connectivity index (χ0n) is 12.6. The van der Waals surface area contributed by atoms with E-state index in [0.29, 0.717) is 6.04 Å². The molecule has 2 unspecified atom stereocenters. The topological polar surface area (TPSA) is 30.3 Å². The van der Waals surface area contributed by atoms with Gasteiger partial charge in [-0.15, -0.1) is 0 Å². The van der Waals surface area contributed by atoms with Gasteiger partial charge in [-0.1, -0.05) is 37.3 Å². The summed E-state index contributed by atoms with van der Waals surface area (Å²) < 4.78 is 0. The molecule has 108 valence electrons. The number of hydrogen-bond donors (Lipinski definition) is 0. The van der Waals surface area contributed by atoms with Crippen LogP contribution in [-0.4, -0.2) is 49.1 Å². The Bertz CT molecular complexity index is 437. The number of hydrogen-bond acceptors (Lipinski definition) is 3. The molecule has 1 aliphatic rings. The van der Waals surface area contributed by atoms with E-state index in [1.54, 1.807) is 0 Å². The summed E-state index contributed by atoms with van der Waals surface area (Å²) in [6, 6.07) is 13.2. The molecule has 2 rings (SSSR count). The molecular formula is C17H25N3. The van der Waals surface area contributed by atoms with Crippen molar-refractivity contribution in [3.8, 4) is 6.07 Å². The summed E-state index contributed by atoms with van der Waals surface area (Å²) in [6.07, 6.45) is 2.34. The van der Waals surface area contributed by atoms with E-state index in [1.165, 1.54) is 6.42 Å². The Labute approximate surface area is 122 Å². The Balaban J connectivity index is 2.08. The average Bonchev–Trinajstić information content (AvgIpc) is 2.66. The maximum Gasteiger partial charge on any atom is 0.0839 e. The number of nitriles is 1. The standard InChI is InChI=1S/C17H25N3/c1-3-17-14-19(2)10-7-11-20(17)13-16(12-18)15-8-5-4-6-9-15/h4-6,8-9,16-17H,3,7,10-11,13-14H2,1-2H3. The lowest BCUT2D eigenvalue weighted by Crippen LogP contribution is -2.41. The van der Waals surface area contributed by atoms with Crippen LogP contribution in [0.2, 0.25) is 0 Å². The predicted octanol–water partition coefficient (Wildman–Crippen LogP) is 2.71. The Hall–Kier alpha value is -1.37. The summed E-state index contributed by atoms with van der Waals surface area (Å²) in [5.41, 5.74) is 1.14. The molecule has 20 heavy (non-hydrogen) atoms. The van der Waals surface area contributed by atoms with Gasteiger partial charge >= 0.3 is 0 Å². The maximum absolute atomic E-state index is 9.50. The average molecular weight is 271 g/mol. The first-order chi connectivity index (χ1) is 9.74. The molecule has 0 spiro atoms. The van der Waals surface area contributed by atoms with Gasteiger partial charge in [0.1, 0.15) is 0 Å². The minimum Gasteiger partial charge on any atom is -0.305 e. The van der Waals surface area contributed by atoms with Gasteiger partial charge in [0, 0.05) is 19.1 Å². The monoisotopic (exact) mass is 271 g/mol. The maximum atomic E-state index is 9.50. The highest BCUT2D eigenvalue weighted by atomic mass is 15.2. The van der Waals surface area contributed by atoms with Gasteiger partial charge in [-0.2, -0.15) is 5.26 Å². The fraction of sp³-hybridized carbons (Fsp3) is 0.588. The lowest BCUT2D eigenvalue weighted by Gasteiger charge is -2.31. The van der Waals surface area contributed by atoms with Gasteiger partial charge in [-0.25, -0.2) is 0 Å². The van der Waals surface area contributed by atoms with Crippen LogP contribution < -0.4 is 0 Å². The van der Waals surface area contributed by atoms with Crippen LogP contribution >= 0.6 is 0 Å². The normalized spacial score (nSPS) is 22.9. The molecule has 3 nitrogen and oxygen atoms in total. The van der Waals surface area contributed by atoms with E-state index < -0.39 is 0 Å². The third kappa shape index (κ3) is 3.82. The minimum absolute atomic E-state index is 0.0198. The first-order valence-corrected chi connectivity index (χ1v) is 7.61. The molecule has 0 bridgehead atoms. The highest BCUT2D eigenvalue weighted by molar-refractivity contribution is 5.25. The molecular weight excluding hydrogens is 246 g/mol. The van der Waals surface area contributed by atoms with Crippen molar-refractivity contribution in [2.45, 2.75) is 31.7 Å². The van der Waals surface area contributed by atoms with Crippen LogP contribution in [0.15, 0.2) is 30.3 Å². The largest absolute Gasteiger partial charge is 0.305 e. The van der Waals surface area contributed by atoms with Crippen LogP contribution in [0.5, 0.6) is 0 Å². The highest BCUT2D eigenvalue weighted by Gasteiger charge is 2.24. The Morgan fingerprint density at radius 1 is 1.30 bits per heavy atom. The number of benzene rings is 1. The number of rotatable bonds is 4. The van der Waals surface area contributed by atoms with Crippen molar-refractivity contribution in [2.24, 2.45) is 0 Å². The van der Waals surface area contributed by atoms with Crippen LogP contribution in [0, 0.1) is 11.3 Å². The quantitative estimate of drug-likeness (QED) is 0.843. The van der Waals surface area contributed by atoms with Gasteiger partial charge in [0.05, 0.1) is 12.0 Å². The lowest BCUT2D eigenvalue weighted by atomic mass is 9.99. The van der Waals surface area contributed by atoms with Gasteiger partial charge in [-0.3, -0.25) is 4.90 Å². The van der Waals surface area contributed by atoms with Crippen LogP contribution in [0.25, 0.3) is 0 Å². The Morgan fingerprint density at radius 3 is 2.70 bits per heavy atom. The SMILES string of the molecule is CCC1CN(C)CCCN1CC(C#N)c1ccccc1. The summed E-state index contributed by atoms with van der Waals surface area (Å²) in [4.78, 5) is 4.93. The molecule has 0 saturated carbocycles. The molecule has 1 aromatic rings. The van der Waals surface area contributed by atoms with Crippen molar-refractivity contribution in [1.82, 2.24) is 9.80 Å². The molecule has 0 aliphatic carbocycles. The predicted molar refractivity (Wildman–Crippen MR) is 82.6 cm³/mol. The zero-order valence-corrected chi connectivity index (χ0v) is 12.6. The van der Waals surface area contributed by atoms with Gasteiger partial charge < -0.3 is 4.90 Å².